The summed E-state index contributed by atoms with van der Waals surface area (Å²) in [6.45, 7) is 2.60. The number of anilines is 1. The monoisotopic (exact) mass is 338 g/mol. The number of hydrogen-bond acceptors (Lipinski definition) is 5. The molecule has 0 saturated carbocycles. The Kier molecular flexibility index (Phi) is 5.61. The van der Waals surface area contributed by atoms with Crippen molar-refractivity contribution in [2.45, 2.75) is 19.4 Å². The molecule has 0 atom stereocenters. The van der Waals surface area contributed by atoms with Crippen LogP contribution >= 0.6 is 0 Å². The van der Waals surface area contributed by atoms with Crippen LogP contribution in [0.4, 0.5) is 5.82 Å². The summed E-state index contributed by atoms with van der Waals surface area (Å²) < 4.78 is 0. The van der Waals surface area contributed by atoms with E-state index in [-0.39, 0.29) is 5.91 Å². The Morgan fingerprint density at radius 1 is 1.28 bits per heavy atom. The van der Waals surface area contributed by atoms with Crippen molar-refractivity contribution in [1.82, 2.24) is 10.3 Å². The SMILES string of the molecule is CO/N=C/c1ccc(C(=O)NCc2ccnc(N3CCCC3)c2)cc1. The number of oxime groups is 1. The minimum atomic E-state index is -0.102. The van der Waals surface area contributed by atoms with Gasteiger partial charge in [0.05, 0.1) is 6.21 Å². The second kappa shape index (κ2) is 8.28. The number of pyridine rings is 1. The van der Waals surface area contributed by atoms with Gasteiger partial charge in [0.15, 0.2) is 0 Å². The van der Waals surface area contributed by atoms with Crippen molar-refractivity contribution in [3.63, 3.8) is 0 Å². The van der Waals surface area contributed by atoms with Gasteiger partial charge in [0.1, 0.15) is 12.9 Å². The molecule has 1 fully saturated rings. The number of carbonyl (C=O) groups is 1. The van der Waals surface area contributed by atoms with Crippen molar-refractivity contribution >= 4 is 17.9 Å². The lowest BCUT2D eigenvalue weighted by Gasteiger charge is -2.17. The number of aromatic nitrogens is 1. The molecule has 0 bridgehead atoms. The summed E-state index contributed by atoms with van der Waals surface area (Å²) in [6, 6.07) is 11.2. The quantitative estimate of drug-likeness (QED) is 0.649. The Labute approximate surface area is 147 Å². The third kappa shape index (κ3) is 4.56. The number of hydrogen-bond donors (Lipinski definition) is 1. The van der Waals surface area contributed by atoms with Crippen LogP contribution in [0.25, 0.3) is 0 Å². The Hall–Kier alpha value is -2.89. The fourth-order valence-corrected chi connectivity index (χ4v) is 2.81. The van der Waals surface area contributed by atoms with Gasteiger partial charge in [-0.15, -0.1) is 0 Å². The first-order chi connectivity index (χ1) is 12.3. The first-order valence-corrected chi connectivity index (χ1v) is 8.41. The average Bonchev–Trinajstić information content (AvgIpc) is 3.20. The van der Waals surface area contributed by atoms with Crippen LogP contribution in [0.3, 0.4) is 0 Å². The van der Waals surface area contributed by atoms with Crippen molar-refractivity contribution in [2.75, 3.05) is 25.1 Å². The summed E-state index contributed by atoms with van der Waals surface area (Å²) in [5, 5.41) is 6.65. The van der Waals surface area contributed by atoms with Crippen molar-refractivity contribution < 1.29 is 9.63 Å². The molecule has 3 rings (SSSR count). The van der Waals surface area contributed by atoms with E-state index in [9.17, 15) is 4.79 Å². The number of nitrogens with one attached hydrogen (secondary N) is 1. The minimum absolute atomic E-state index is 0.102. The molecular weight excluding hydrogens is 316 g/mol. The largest absolute Gasteiger partial charge is 0.399 e. The zero-order chi connectivity index (χ0) is 17.5. The fourth-order valence-electron chi connectivity index (χ4n) is 2.81. The van der Waals surface area contributed by atoms with Gasteiger partial charge in [-0.25, -0.2) is 4.98 Å². The lowest BCUT2D eigenvalue weighted by molar-refractivity contribution is 0.0951. The predicted molar refractivity (Wildman–Crippen MR) is 97.9 cm³/mol. The van der Waals surface area contributed by atoms with Crippen molar-refractivity contribution in [3.8, 4) is 0 Å². The summed E-state index contributed by atoms with van der Waals surface area (Å²) >= 11 is 0. The molecule has 2 heterocycles. The maximum absolute atomic E-state index is 12.3. The van der Waals surface area contributed by atoms with Crippen LogP contribution in [0, 0.1) is 0 Å². The van der Waals surface area contributed by atoms with Gasteiger partial charge in [0.25, 0.3) is 5.91 Å². The zero-order valence-corrected chi connectivity index (χ0v) is 14.3. The van der Waals surface area contributed by atoms with Gasteiger partial charge in [-0.1, -0.05) is 17.3 Å². The van der Waals surface area contributed by atoms with Crippen molar-refractivity contribution in [3.05, 3.63) is 59.3 Å². The van der Waals surface area contributed by atoms with Crippen LogP contribution in [-0.4, -0.2) is 37.3 Å². The molecule has 1 saturated heterocycles. The molecule has 0 spiro atoms. The van der Waals surface area contributed by atoms with Crippen LogP contribution < -0.4 is 10.2 Å². The maximum atomic E-state index is 12.3. The smallest absolute Gasteiger partial charge is 0.251 e. The lowest BCUT2D eigenvalue weighted by atomic mass is 10.1. The zero-order valence-electron chi connectivity index (χ0n) is 14.3. The molecular formula is C19H22N4O2. The molecule has 1 aromatic heterocycles. The Bertz CT molecular complexity index is 737. The topological polar surface area (TPSA) is 66.8 Å². The standard InChI is InChI=1S/C19H22N4O2/c1-25-22-14-15-4-6-17(7-5-15)19(24)21-13-16-8-9-20-18(12-16)23-10-2-3-11-23/h4-9,12,14H,2-3,10-11,13H2,1H3,(H,21,24)/b22-14+. The molecule has 130 valence electrons. The number of amides is 1. The summed E-state index contributed by atoms with van der Waals surface area (Å²) in [5.41, 5.74) is 2.54. The molecule has 6 nitrogen and oxygen atoms in total. The second-order valence-electron chi connectivity index (χ2n) is 5.94. The average molecular weight is 338 g/mol. The molecule has 0 unspecified atom stereocenters. The number of carbonyl (C=O) groups excluding carboxylic acids is 1. The first-order valence-electron chi connectivity index (χ1n) is 8.41. The van der Waals surface area contributed by atoms with E-state index in [4.69, 9.17) is 0 Å². The highest BCUT2D eigenvalue weighted by Gasteiger charge is 2.13. The van der Waals surface area contributed by atoms with E-state index in [1.165, 1.54) is 20.0 Å². The van der Waals surface area contributed by atoms with Crippen molar-refractivity contribution in [2.24, 2.45) is 5.16 Å². The third-order valence-electron chi connectivity index (χ3n) is 4.17. The molecule has 1 aliphatic rings. The van der Waals surface area contributed by atoms with Crippen LogP contribution in [0.15, 0.2) is 47.8 Å². The molecule has 1 amide bonds. The predicted octanol–water partition coefficient (Wildman–Crippen LogP) is 2.59. The van der Waals surface area contributed by atoms with E-state index in [0.29, 0.717) is 12.1 Å². The molecule has 0 aliphatic carbocycles. The summed E-state index contributed by atoms with van der Waals surface area (Å²) in [6.07, 6.45) is 5.83. The fraction of sp³-hybridized carbons (Fsp3) is 0.316. The van der Waals surface area contributed by atoms with Gasteiger partial charge >= 0.3 is 0 Å². The molecule has 0 radical (unpaired) electrons. The van der Waals surface area contributed by atoms with Gasteiger partial charge in [0, 0.05) is 31.4 Å². The lowest BCUT2D eigenvalue weighted by Crippen LogP contribution is -2.23. The maximum Gasteiger partial charge on any atom is 0.251 e. The molecule has 2 aromatic rings. The van der Waals surface area contributed by atoms with Gasteiger partial charge in [0.2, 0.25) is 0 Å². The van der Waals surface area contributed by atoms with E-state index in [1.54, 1.807) is 24.5 Å². The summed E-state index contributed by atoms with van der Waals surface area (Å²) in [5.74, 6) is 0.890. The minimum Gasteiger partial charge on any atom is -0.399 e. The van der Waals surface area contributed by atoms with E-state index in [0.717, 1.165) is 30.0 Å². The van der Waals surface area contributed by atoms with E-state index < -0.39 is 0 Å². The summed E-state index contributed by atoms with van der Waals surface area (Å²) in [7, 11) is 1.49. The Morgan fingerprint density at radius 3 is 2.76 bits per heavy atom. The van der Waals surface area contributed by atoms with Crippen LogP contribution in [0.5, 0.6) is 0 Å². The number of rotatable bonds is 6. The number of nitrogens with zero attached hydrogens (tertiary/aromatic N) is 3. The Morgan fingerprint density at radius 2 is 2.04 bits per heavy atom. The van der Waals surface area contributed by atoms with E-state index >= 15 is 0 Å². The van der Waals surface area contributed by atoms with E-state index in [2.05, 4.69) is 31.3 Å². The normalized spacial score (nSPS) is 14.0. The van der Waals surface area contributed by atoms with E-state index in [1.807, 2.05) is 18.2 Å². The van der Waals surface area contributed by atoms with Crippen LogP contribution in [-0.2, 0) is 11.4 Å². The van der Waals surface area contributed by atoms with Gasteiger partial charge in [-0.2, -0.15) is 0 Å². The second-order valence-corrected chi connectivity index (χ2v) is 5.94. The molecule has 1 aliphatic heterocycles. The summed E-state index contributed by atoms with van der Waals surface area (Å²) in [4.78, 5) is 23.6. The molecule has 6 heteroatoms. The number of benzene rings is 1. The van der Waals surface area contributed by atoms with Crippen LogP contribution in [0.2, 0.25) is 0 Å². The Balaban J connectivity index is 1.58. The van der Waals surface area contributed by atoms with Crippen molar-refractivity contribution in [1.29, 1.82) is 0 Å². The highest BCUT2D eigenvalue weighted by atomic mass is 16.6. The molecule has 25 heavy (non-hydrogen) atoms. The first kappa shape index (κ1) is 17.0. The van der Waals surface area contributed by atoms with Gasteiger partial charge < -0.3 is 15.1 Å². The van der Waals surface area contributed by atoms with Gasteiger partial charge in [-0.3, -0.25) is 4.79 Å². The highest BCUT2D eigenvalue weighted by Crippen LogP contribution is 2.18. The third-order valence-corrected chi connectivity index (χ3v) is 4.17. The van der Waals surface area contributed by atoms with Gasteiger partial charge in [-0.05, 0) is 48.2 Å². The molecule has 1 aromatic carbocycles. The molecule has 1 N–H and O–H groups in total. The van der Waals surface area contributed by atoms with Crippen LogP contribution in [0.1, 0.15) is 34.3 Å². The highest BCUT2D eigenvalue weighted by molar-refractivity contribution is 5.95.